The first-order valence-electron chi connectivity index (χ1n) is 4.56. The van der Waals surface area contributed by atoms with E-state index in [1.54, 1.807) is 0 Å². The number of nitrogens with zero attached hydrogens (tertiary/aromatic N) is 3. The highest BCUT2D eigenvalue weighted by Gasteiger charge is 2.10. The van der Waals surface area contributed by atoms with Gasteiger partial charge in [0.15, 0.2) is 0 Å². The van der Waals surface area contributed by atoms with E-state index in [2.05, 4.69) is 10.0 Å². The van der Waals surface area contributed by atoms with Gasteiger partial charge in [-0.05, 0) is 18.5 Å². The van der Waals surface area contributed by atoms with Gasteiger partial charge in [-0.25, -0.2) is 8.78 Å². The number of rotatable bonds is 5. The summed E-state index contributed by atoms with van der Waals surface area (Å²) in [6.07, 6.45) is 0.585. The molecule has 5 nitrogen and oxygen atoms in total. The van der Waals surface area contributed by atoms with Crippen LogP contribution in [-0.2, 0) is 0 Å². The van der Waals surface area contributed by atoms with Crippen LogP contribution >= 0.6 is 0 Å². The standard InChI is InChI=1S/C9H10F2N4O/c10-7-4-6(16-3-1-2-12)5-8(11)9(7)14-15-13/h4-5H,1-3,12H2. The van der Waals surface area contributed by atoms with Crippen LogP contribution in [0.2, 0.25) is 0 Å². The number of hydrogen-bond donors (Lipinski definition) is 1. The zero-order valence-corrected chi connectivity index (χ0v) is 8.36. The molecule has 0 amide bonds. The Labute approximate surface area is 90.4 Å². The van der Waals surface area contributed by atoms with Crippen LogP contribution in [0.25, 0.3) is 10.4 Å². The van der Waals surface area contributed by atoms with Crippen molar-refractivity contribution in [3.63, 3.8) is 0 Å². The van der Waals surface area contributed by atoms with Gasteiger partial charge in [-0.1, -0.05) is 5.11 Å². The van der Waals surface area contributed by atoms with Crippen LogP contribution in [-0.4, -0.2) is 13.2 Å². The molecule has 7 heteroatoms. The largest absolute Gasteiger partial charge is 0.493 e. The Kier molecular flexibility index (Phi) is 4.50. The Morgan fingerprint density at radius 1 is 1.38 bits per heavy atom. The molecule has 0 saturated heterocycles. The third-order valence-corrected chi connectivity index (χ3v) is 1.75. The maximum atomic E-state index is 13.2. The number of benzene rings is 1. The van der Waals surface area contributed by atoms with Gasteiger partial charge >= 0.3 is 0 Å². The summed E-state index contributed by atoms with van der Waals surface area (Å²) in [5.74, 6) is -1.87. The fourth-order valence-electron chi connectivity index (χ4n) is 1.04. The summed E-state index contributed by atoms with van der Waals surface area (Å²) in [6, 6.07) is 1.92. The molecule has 16 heavy (non-hydrogen) atoms. The molecule has 2 N–H and O–H groups in total. The molecule has 1 rings (SSSR count). The maximum Gasteiger partial charge on any atom is 0.139 e. The monoisotopic (exact) mass is 228 g/mol. The van der Waals surface area contributed by atoms with Crippen LogP contribution in [0.15, 0.2) is 17.2 Å². The van der Waals surface area contributed by atoms with Gasteiger partial charge in [0.25, 0.3) is 0 Å². The van der Waals surface area contributed by atoms with E-state index in [1.165, 1.54) is 0 Å². The van der Waals surface area contributed by atoms with E-state index in [9.17, 15) is 8.78 Å². The van der Waals surface area contributed by atoms with Gasteiger partial charge in [0.2, 0.25) is 0 Å². The molecule has 0 aliphatic heterocycles. The van der Waals surface area contributed by atoms with Crippen molar-refractivity contribution >= 4 is 5.69 Å². The van der Waals surface area contributed by atoms with Gasteiger partial charge in [-0.2, -0.15) is 0 Å². The van der Waals surface area contributed by atoms with Crippen LogP contribution in [0, 0.1) is 11.6 Å². The van der Waals surface area contributed by atoms with E-state index in [4.69, 9.17) is 16.0 Å². The molecular formula is C9H10F2N4O. The molecule has 0 spiro atoms. The van der Waals surface area contributed by atoms with Gasteiger partial charge in [0.1, 0.15) is 23.1 Å². The van der Waals surface area contributed by atoms with Crippen LogP contribution < -0.4 is 10.5 Å². The predicted molar refractivity (Wildman–Crippen MR) is 54.3 cm³/mol. The Bertz CT molecular complexity index is 395. The minimum absolute atomic E-state index is 0.0420. The second-order valence-corrected chi connectivity index (χ2v) is 2.92. The van der Waals surface area contributed by atoms with Crippen LogP contribution in [0.5, 0.6) is 5.75 Å². The summed E-state index contributed by atoms with van der Waals surface area (Å²) >= 11 is 0. The minimum Gasteiger partial charge on any atom is -0.493 e. The number of halogens is 2. The summed E-state index contributed by atoms with van der Waals surface area (Å²) in [4.78, 5) is 2.32. The van der Waals surface area contributed by atoms with Crippen molar-refractivity contribution in [1.29, 1.82) is 0 Å². The zero-order valence-electron chi connectivity index (χ0n) is 8.36. The zero-order chi connectivity index (χ0) is 12.0. The highest BCUT2D eigenvalue weighted by molar-refractivity contribution is 5.44. The van der Waals surface area contributed by atoms with Crippen molar-refractivity contribution < 1.29 is 13.5 Å². The average molecular weight is 228 g/mol. The van der Waals surface area contributed by atoms with Gasteiger partial charge in [-0.15, -0.1) is 0 Å². The molecule has 1 aromatic rings. The van der Waals surface area contributed by atoms with Gasteiger partial charge in [0, 0.05) is 17.0 Å². The first-order chi connectivity index (χ1) is 7.69. The average Bonchev–Trinajstić information content (AvgIpc) is 2.24. The van der Waals surface area contributed by atoms with Crippen molar-refractivity contribution in [2.24, 2.45) is 10.8 Å². The summed E-state index contributed by atoms with van der Waals surface area (Å²) < 4.78 is 31.4. The fourth-order valence-corrected chi connectivity index (χ4v) is 1.04. The van der Waals surface area contributed by atoms with Crippen molar-refractivity contribution in [3.05, 3.63) is 34.2 Å². The first-order valence-corrected chi connectivity index (χ1v) is 4.56. The molecule has 0 aliphatic rings. The molecule has 0 radical (unpaired) electrons. The first kappa shape index (κ1) is 12.2. The highest BCUT2D eigenvalue weighted by Crippen LogP contribution is 2.27. The molecule has 0 fully saturated rings. The molecule has 0 unspecified atom stereocenters. The summed E-state index contributed by atoms with van der Waals surface area (Å²) in [5.41, 5.74) is 12.7. The molecular weight excluding hydrogens is 218 g/mol. The second-order valence-electron chi connectivity index (χ2n) is 2.92. The maximum absolute atomic E-state index is 13.2. The number of azide groups is 1. The SMILES string of the molecule is [N-]=[N+]=Nc1c(F)cc(OCCCN)cc1F. The quantitative estimate of drug-likeness (QED) is 0.363. The van der Waals surface area contributed by atoms with Crippen molar-refractivity contribution in [2.45, 2.75) is 6.42 Å². The van der Waals surface area contributed by atoms with E-state index < -0.39 is 17.3 Å². The molecule has 0 bridgehead atoms. The van der Waals surface area contributed by atoms with E-state index in [-0.39, 0.29) is 12.4 Å². The third-order valence-electron chi connectivity index (χ3n) is 1.75. The van der Waals surface area contributed by atoms with Crippen molar-refractivity contribution in [2.75, 3.05) is 13.2 Å². The summed E-state index contributed by atoms with van der Waals surface area (Å²) in [6.45, 7) is 0.706. The lowest BCUT2D eigenvalue weighted by Gasteiger charge is -2.06. The molecule has 0 aromatic heterocycles. The summed E-state index contributed by atoms with van der Waals surface area (Å²) in [7, 11) is 0. The van der Waals surface area contributed by atoms with E-state index >= 15 is 0 Å². The molecule has 0 atom stereocenters. The van der Waals surface area contributed by atoms with E-state index in [0.717, 1.165) is 12.1 Å². The van der Waals surface area contributed by atoms with Crippen LogP contribution in [0.3, 0.4) is 0 Å². The Morgan fingerprint density at radius 2 is 2.00 bits per heavy atom. The molecule has 0 heterocycles. The number of nitrogens with two attached hydrogens (primary N) is 1. The minimum atomic E-state index is -0.958. The van der Waals surface area contributed by atoms with Crippen LogP contribution in [0.1, 0.15) is 6.42 Å². The predicted octanol–water partition coefficient (Wildman–Crippen LogP) is 2.63. The number of ether oxygens (including phenoxy) is 1. The van der Waals surface area contributed by atoms with Crippen LogP contribution in [0.4, 0.5) is 14.5 Å². The topological polar surface area (TPSA) is 84.0 Å². The highest BCUT2D eigenvalue weighted by atomic mass is 19.1. The summed E-state index contributed by atoms with van der Waals surface area (Å²) in [5, 5.41) is 2.90. The molecule has 0 aliphatic carbocycles. The van der Waals surface area contributed by atoms with E-state index in [0.29, 0.717) is 13.0 Å². The van der Waals surface area contributed by atoms with Crippen molar-refractivity contribution in [3.8, 4) is 5.75 Å². The lowest BCUT2D eigenvalue weighted by atomic mass is 10.3. The lowest BCUT2D eigenvalue weighted by Crippen LogP contribution is -2.06. The van der Waals surface area contributed by atoms with Gasteiger partial charge in [-0.3, -0.25) is 0 Å². The van der Waals surface area contributed by atoms with Gasteiger partial charge < -0.3 is 10.5 Å². The Balaban J connectivity index is 2.87. The Hall–Kier alpha value is -1.85. The van der Waals surface area contributed by atoms with Crippen molar-refractivity contribution in [1.82, 2.24) is 0 Å². The fraction of sp³-hybridized carbons (Fsp3) is 0.333. The van der Waals surface area contributed by atoms with E-state index in [1.807, 2.05) is 0 Å². The second kappa shape index (κ2) is 5.89. The molecule has 0 saturated carbocycles. The molecule has 1 aromatic carbocycles. The molecule has 86 valence electrons. The number of hydrogen-bond acceptors (Lipinski definition) is 3. The normalized spacial score (nSPS) is 9.69. The Morgan fingerprint density at radius 3 is 2.50 bits per heavy atom. The van der Waals surface area contributed by atoms with Gasteiger partial charge in [0.05, 0.1) is 6.61 Å². The third kappa shape index (κ3) is 3.08. The lowest BCUT2D eigenvalue weighted by molar-refractivity contribution is 0.310. The smallest absolute Gasteiger partial charge is 0.139 e.